The van der Waals surface area contributed by atoms with Gasteiger partial charge in [0.1, 0.15) is 0 Å². The summed E-state index contributed by atoms with van der Waals surface area (Å²) < 4.78 is 6.65. The van der Waals surface area contributed by atoms with Gasteiger partial charge in [0.15, 0.2) is 0 Å². The highest BCUT2D eigenvalue weighted by atomic mass is 16.5. The van der Waals surface area contributed by atoms with Gasteiger partial charge in [0.2, 0.25) is 0 Å². The van der Waals surface area contributed by atoms with Crippen LogP contribution in [0.3, 0.4) is 0 Å². The van der Waals surface area contributed by atoms with E-state index in [1.54, 1.807) is 23.9 Å². The third-order valence-corrected chi connectivity index (χ3v) is 2.32. The van der Waals surface area contributed by atoms with Gasteiger partial charge in [0, 0.05) is 38.6 Å². The molecule has 1 heterocycles. The van der Waals surface area contributed by atoms with Crippen molar-refractivity contribution >= 4 is 0 Å². The van der Waals surface area contributed by atoms with E-state index >= 15 is 0 Å². The second-order valence-corrected chi connectivity index (χ2v) is 3.44. The first-order chi connectivity index (χ1) is 7.29. The Morgan fingerprint density at radius 2 is 2.27 bits per heavy atom. The van der Waals surface area contributed by atoms with E-state index in [4.69, 9.17) is 10.5 Å². The van der Waals surface area contributed by atoms with Gasteiger partial charge in [-0.15, -0.1) is 0 Å². The van der Waals surface area contributed by atoms with E-state index < -0.39 is 0 Å². The summed E-state index contributed by atoms with van der Waals surface area (Å²) in [4.78, 5) is 11.7. The number of rotatable bonds is 6. The fourth-order valence-corrected chi connectivity index (χ4v) is 1.45. The summed E-state index contributed by atoms with van der Waals surface area (Å²) in [5.74, 6) is 0. The molecular formula is C11H18N2O2. The van der Waals surface area contributed by atoms with Gasteiger partial charge in [0.25, 0.3) is 5.56 Å². The molecular weight excluding hydrogens is 192 g/mol. The molecule has 0 saturated carbocycles. The number of aryl methyl sites for hydroxylation is 1. The zero-order chi connectivity index (χ0) is 11.1. The first-order valence-corrected chi connectivity index (χ1v) is 5.17. The molecule has 0 aliphatic heterocycles. The zero-order valence-electron chi connectivity index (χ0n) is 9.11. The molecule has 0 aromatic carbocycles. The van der Waals surface area contributed by atoms with Gasteiger partial charge in [-0.3, -0.25) is 4.79 Å². The molecule has 15 heavy (non-hydrogen) atoms. The minimum absolute atomic E-state index is 0.0254. The van der Waals surface area contributed by atoms with Crippen molar-refractivity contribution in [2.45, 2.75) is 25.9 Å². The van der Waals surface area contributed by atoms with Crippen LogP contribution in [0, 0.1) is 0 Å². The first kappa shape index (κ1) is 11.9. The summed E-state index contributed by atoms with van der Waals surface area (Å²) in [6.07, 6.45) is 3.71. The summed E-state index contributed by atoms with van der Waals surface area (Å²) in [6, 6.07) is 3.63. The number of hydrogen-bond donors (Lipinski definition) is 1. The molecule has 0 amide bonds. The quantitative estimate of drug-likeness (QED) is 0.704. The number of hydrogen-bond acceptors (Lipinski definition) is 3. The Morgan fingerprint density at radius 3 is 2.93 bits per heavy atom. The van der Waals surface area contributed by atoms with Crippen molar-refractivity contribution < 1.29 is 4.74 Å². The van der Waals surface area contributed by atoms with Gasteiger partial charge >= 0.3 is 0 Å². The Morgan fingerprint density at radius 1 is 1.47 bits per heavy atom. The Balaban J connectivity index is 2.57. The molecule has 4 nitrogen and oxygen atoms in total. The largest absolute Gasteiger partial charge is 0.385 e. The van der Waals surface area contributed by atoms with Crippen LogP contribution in [0.5, 0.6) is 0 Å². The average Bonchev–Trinajstić information content (AvgIpc) is 2.26. The van der Waals surface area contributed by atoms with Crippen LogP contribution in [0.25, 0.3) is 0 Å². The molecule has 1 rings (SSSR count). The SMILES string of the molecule is COCCCCn1cccc(CN)c1=O. The van der Waals surface area contributed by atoms with E-state index in [0.717, 1.165) is 26.0 Å². The minimum atomic E-state index is 0.0254. The Kier molecular flexibility index (Phi) is 5.07. The number of methoxy groups -OCH3 is 1. The molecule has 0 spiro atoms. The summed E-state index contributed by atoms with van der Waals surface area (Å²) in [6.45, 7) is 1.78. The lowest BCUT2D eigenvalue weighted by Gasteiger charge is -2.06. The van der Waals surface area contributed by atoms with Crippen molar-refractivity contribution in [1.82, 2.24) is 4.57 Å². The molecule has 0 bridgehead atoms. The third kappa shape index (κ3) is 3.49. The maximum atomic E-state index is 11.7. The number of ether oxygens (including phenoxy) is 1. The van der Waals surface area contributed by atoms with E-state index in [-0.39, 0.29) is 5.56 Å². The maximum Gasteiger partial charge on any atom is 0.255 e. The molecule has 0 unspecified atom stereocenters. The molecule has 1 aromatic rings. The summed E-state index contributed by atoms with van der Waals surface area (Å²) in [5, 5.41) is 0. The summed E-state index contributed by atoms with van der Waals surface area (Å²) >= 11 is 0. The van der Waals surface area contributed by atoms with Gasteiger partial charge in [-0.2, -0.15) is 0 Å². The van der Waals surface area contributed by atoms with Crippen LogP contribution >= 0.6 is 0 Å². The highest BCUT2D eigenvalue weighted by Crippen LogP contribution is 1.95. The van der Waals surface area contributed by atoms with Gasteiger partial charge in [-0.05, 0) is 18.9 Å². The van der Waals surface area contributed by atoms with Gasteiger partial charge in [-0.25, -0.2) is 0 Å². The fourth-order valence-electron chi connectivity index (χ4n) is 1.45. The topological polar surface area (TPSA) is 57.2 Å². The van der Waals surface area contributed by atoms with Crippen molar-refractivity contribution in [1.29, 1.82) is 0 Å². The van der Waals surface area contributed by atoms with Crippen LogP contribution in [0.2, 0.25) is 0 Å². The molecule has 0 fully saturated rings. The minimum Gasteiger partial charge on any atom is -0.385 e. The van der Waals surface area contributed by atoms with Crippen LogP contribution in [-0.2, 0) is 17.8 Å². The molecule has 0 atom stereocenters. The molecule has 0 aliphatic carbocycles. The van der Waals surface area contributed by atoms with E-state index in [1.165, 1.54) is 0 Å². The number of unbranched alkanes of at least 4 members (excludes halogenated alkanes) is 1. The van der Waals surface area contributed by atoms with Crippen LogP contribution in [0.4, 0.5) is 0 Å². The Bertz CT molecular complexity index is 347. The van der Waals surface area contributed by atoms with Crippen LogP contribution < -0.4 is 11.3 Å². The van der Waals surface area contributed by atoms with Crippen molar-refractivity contribution in [2.75, 3.05) is 13.7 Å². The van der Waals surface area contributed by atoms with E-state index in [0.29, 0.717) is 12.1 Å². The zero-order valence-corrected chi connectivity index (χ0v) is 9.11. The first-order valence-electron chi connectivity index (χ1n) is 5.17. The third-order valence-electron chi connectivity index (χ3n) is 2.32. The smallest absolute Gasteiger partial charge is 0.255 e. The second kappa shape index (κ2) is 6.37. The highest BCUT2D eigenvalue weighted by Gasteiger charge is 2.00. The monoisotopic (exact) mass is 210 g/mol. The molecule has 84 valence electrons. The normalized spacial score (nSPS) is 10.5. The predicted molar refractivity (Wildman–Crippen MR) is 59.7 cm³/mol. The fraction of sp³-hybridized carbons (Fsp3) is 0.545. The van der Waals surface area contributed by atoms with Gasteiger partial charge in [0.05, 0.1) is 0 Å². The van der Waals surface area contributed by atoms with E-state index in [2.05, 4.69) is 0 Å². The standard InChI is InChI=1S/C11H18N2O2/c1-15-8-3-2-6-13-7-4-5-10(9-12)11(13)14/h4-5,7H,2-3,6,8-9,12H2,1H3. The van der Waals surface area contributed by atoms with Crippen molar-refractivity contribution in [3.8, 4) is 0 Å². The van der Waals surface area contributed by atoms with Crippen LogP contribution in [0.1, 0.15) is 18.4 Å². The van der Waals surface area contributed by atoms with Gasteiger partial charge in [-0.1, -0.05) is 6.07 Å². The van der Waals surface area contributed by atoms with Crippen molar-refractivity contribution in [3.63, 3.8) is 0 Å². The van der Waals surface area contributed by atoms with Gasteiger partial charge < -0.3 is 15.0 Å². The Labute approximate surface area is 89.7 Å². The number of aromatic nitrogens is 1. The molecule has 0 aliphatic rings. The number of pyridine rings is 1. The maximum absolute atomic E-state index is 11.7. The Hall–Kier alpha value is -1.13. The lowest BCUT2D eigenvalue weighted by molar-refractivity contribution is 0.191. The van der Waals surface area contributed by atoms with Crippen molar-refractivity contribution in [3.05, 3.63) is 34.2 Å². The van der Waals surface area contributed by atoms with Crippen LogP contribution in [0.15, 0.2) is 23.1 Å². The molecule has 0 saturated heterocycles. The summed E-state index contributed by atoms with van der Waals surface area (Å²) in [7, 11) is 1.68. The lowest BCUT2D eigenvalue weighted by atomic mass is 10.2. The molecule has 0 radical (unpaired) electrons. The average molecular weight is 210 g/mol. The highest BCUT2D eigenvalue weighted by molar-refractivity contribution is 5.09. The molecule has 2 N–H and O–H groups in total. The van der Waals surface area contributed by atoms with E-state index in [1.807, 2.05) is 6.07 Å². The van der Waals surface area contributed by atoms with Crippen molar-refractivity contribution in [2.24, 2.45) is 5.73 Å². The predicted octanol–water partition coefficient (Wildman–Crippen LogP) is 0.734. The molecule has 4 heteroatoms. The second-order valence-electron chi connectivity index (χ2n) is 3.44. The summed E-state index contributed by atoms with van der Waals surface area (Å²) in [5.41, 5.74) is 6.16. The van der Waals surface area contributed by atoms with Crippen LogP contribution in [-0.4, -0.2) is 18.3 Å². The molecule has 1 aromatic heterocycles. The number of nitrogens with two attached hydrogens (primary N) is 1. The number of nitrogens with zero attached hydrogens (tertiary/aromatic N) is 1. The lowest BCUT2D eigenvalue weighted by Crippen LogP contribution is -2.24. The van der Waals surface area contributed by atoms with E-state index in [9.17, 15) is 4.79 Å².